The Morgan fingerprint density at radius 1 is 1.00 bits per heavy atom. The molecule has 2 aromatic carbocycles. The van der Waals surface area contributed by atoms with Gasteiger partial charge in [0.2, 0.25) is 0 Å². The summed E-state index contributed by atoms with van der Waals surface area (Å²) in [6.45, 7) is 0.201. The third-order valence-corrected chi connectivity index (χ3v) is 6.78. The van der Waals surface area contributed by atoms with Crippen molar-refractivity contribution in [2.45, 2.75) is 50.2 Å². The van der Waals surface area contributed by atoms with Crippen molar-refractivity contribution in [2.24, 2.45) is 0 Å². The lowest BCUT2D eigenvalue weighted by Crippen LogP contribution is -2.42. The summed E-state index contributed by atoms with van der Waals surface area (Å²) in [5.41, 5.74) is 3.69. The molecule has 0 spiro atoms. The number of nitrogens with one attached hydrogen (secondary N) is 1. The van der Waals surface area contributed by atoms with Crippen LogP contribution in [0.15, 0.2) is 48.5 Å². The van der Waals surface area contributed by atoms with Crippen molar-refractivity contribution < 1.29 is 22.5 Å². The number of rotatable bonds is 7. The van der Waals surface area contributed by atoms with Crippen LogP contribution in [0.4, 0.5) is 0 Å². The highest BCUT2D eigenvalue weighted by Crippen LogP contribution is 2.45. The van der Waals surface area contributed by atoms with Crippen LogP contribution in [0.5, 0.6) is 0 Å². The van der Waals surface area contributed by atoms with E-state index in [1.165, 1.54) is 6.42 Å². The van der Waals surface area contributed by atoms with Crippen molar-refractivity contribution >= 4 is 16.1 Å². The third kappa shape index (κ3) is 4.74. The molecule has 0 amide bonds. The van der Waals surface area contributed by atoms with Crippen molar-refractivity contribution in [3.63, 3.8) is 0 Å². The second-order valence-corrected chi connectivity index (χ2v) is 9.66. The second-order valence-electron chi connectivity index (χ2n) is 8.16. The minimum atomic E-state index is -4.28. The van der Waals surface area contributed by atoms with E-state index in [1.54, 1.807) is 0 Å². The van der Waals surface area contributed by atoms with E-state index in [0.717, 1.165) is 47.9 Å². The van der Waals surface area contributed by atoms with Crippen molar-refractivity contribution in [1.29, 1.82) is 0 Å². The lowest BCUT2D eigenvalue weighted by Gasteiger charge is -2.26. The first-order chi connectivity index (χ1) is 14.4. The quantitative estimate of drug-likeness (QED) is 0.517. The first-order valence-corrected chi connectivity index (χ1v) is 12.1. The predicted octanol–water partition coefficient (Wildman–Crippen LogP) is 3.52. The molecule has 0 bridgehead atoms. The minimum absolute atomic E-state index is 0.201. The molecule has 160 valence electrons. The fourth-order valence-electron chi connectivity index (χ4n) is 4.62. The summed E-state index contributed by atoms with van der Waals surface area (Å²) in [6.07, 6.45) is 4.58. The molecular formula is C23H27NO5S. The molecule has 30 heavy (non-hydrogen) atoms. The van der Waals surface area contributed by atoms with Gasteiger partial charge in [-0.3, -0.25) is 9.35 Å². The van der Waals surface area contributed by atoms with Gasteiger partial charge in [-0.1, -0.05) is 67.8 Å². The van der Waals surface area contributed by atoms with E-state index in [4.69, 9.17) is 4.74 Å². The summed E-state index contributed by atoms with van der Waals surface area (Å²) in [4.78, 5) is 13.2. The van der Waals surface area contributed by atoms with Crippen LogP contribution in [0.1, 0.15) is 49.1 Å². The highest BCUT2D eigenvalue weighted by Gasteiger charge is 2.36. The van der Waals surface area contributed by atoms with Crippen LogP contribution in [-0.2, 0) is 19.6 Å². The van der Waals surface area contributed by atoms with Crippen LogP contribution in [-0.4, -0.2) is 43.4 Å². The smallest absolute Gasteiger partial charge is 0.318 e. The SMILES string of the molecule is O=C(OC(CNC1CCCCC1)CS(=O)(=O)O)C1c2ccccc2-c2ccccc21. The number of hydrogen-bond donors (Lipinski definition) is 2. The summed E-state index contributed by atoms with van der Waals surface area (Å²) in [6, 6.07) is 15.7. The van der Waals surface area contributed by atoms with E-state index in [-0.39, 0.29) is 12.6 Å². The normalized spacial score (nSPS) is 17.9. The van der Waals surface area contributed by atoms with Crippen molar-refractivity contribution in [1.82, 2.24) is 5.32 Å². The molecule has 4 rings (SSSR count). The van der Waals surface area contributed by atoms with E-state index < -0.39 is 33.9 Å². The van der Waals surface area contributed by atoms with E-state index in [1.807, 2.05) is 48.5 Å². The standard InChI is InChI=1S/C23H27NO5S/c25-23(22-20-12-6-4-10-18(20)19-11-5-7-13-21(19)22)29-17(15-30(26,27)28)14-24-16-8-2-1-3-9-16/h4-7,10-13,16-17,22,24H,1-3,8-9,14-15H2,(H,26,27,28). The highest BCUT2D eigenvalue weighted by atomic mass is 32.2. The van der Waals surface area contributed by atoms with Gasteiger partial charge in [0.15, 0.2) is 0 Å². The maximum Gasteiger partial charge on any atom is 0.318 e. The summed E-state index contributed by atoms with van der Waals surface area (Å²) in [7, 11) is -4.28. The maximum atomic E-state index is 13.2. The van der Waals surface area contributed by atoms with E-state index in [0.29, 0.717) is 0 Å². The predicted molar refractivity (Wildman–Crippen MR) is 115 cm³/mol. The molecule has 0 heterocycles. The van der Waals surface area contributed by atoms with Crippen LogP contribution < -0.4 is 5.32 Å². The maximum absolute atomic E-state index is 13.2. The topological polar surface area (TPSA) is 92.7 Å². The lowest BCUT2D eigenvalue weighted by atomic mass is 9.95. The van der Waals surface area contributed by atoms with Gasteiger partial charge in [0, 0.05) is 12.6 Å². The number of hydrogen-bond acceptors (Lipinski definition) is 5. The molecule has 0 aliphatic heterocycles. The lowest BCUT2D eigenvalue weighted by molar-refractivity contribution is -0.148. The molecular weight excluding hydrogens is 402 g/mol. The molecule has 0 saturated heterocycles. The van der Waals surface area contributed by atoms with Crippen LogP contribution in [0.2, 0.25) is 0 Å². The van der Waals surface area contributed by atoms with Gasteiger partial charge in [0.1, 0.15) is 17.8 Å². The first-order valence-electron chi connectivity index (χ1n) is 10.5. The molecule has 6 nitrogen and oxygen atoms in total. The van der Waals surface area contributed by atoms with Crippen LogP contribution in [0.25, 0.3) is 11.1 Å². The fraction of sp³-hybridized carbons (Fsp3) is 0.435. The van der Waals surface area contributed by atoms with Gasteiger partial charge in [-0.15, -0.1) is 0 Å². The zero-order valence-electron chi connectivity index (χ0n) is 16.8. The highest BCUT2D eigenvalue weighted by molar-refractivity contribution is 7.85. The molecule has 0 aromatic heterocycles. The van der Waals surface area contributed by atoms with Gasteiger partial charge in [-0.05, 0) is 35.1 Å². The van der Waals surface area contributed by atoms with Gasteiger partial charge in [0.05, 0.1) is 0 Å². The number of carbonyl (C=O) groups excluding carboxylic acids is 1. The molecule has 1 unspecified atom stereocenters. The van der Waals surface area contributed by atoms with Crippen molar-refractivity contribution in [3.8, 4) is 11.1 Å². The number of ether oxygens (including phenoxy) is 1. The average Bonchev–Trinajstić information content (AvgIpc) is 3.06. The Morgan fingerprint density at radius 2 is 1.57 bits per heavy atom. The Hall–Kier alpha value is -2.22. The Labute approximate surface area is 177 Å². The van der Waals surface area contributed by atoms with Crippen LogP contribution >= 0.6 is 0 Å². The zero-order valence-corrected chi connectivity index (χ0v) is 17.6. The second kappa shape index (κ2) is 8.88. The van der Waals surface area contributed by atoms with E-state index in [9.17, 15) is 17.8 Å². The Morgan fingerprint density at radius 3 is 2.13 bits per heavy atom. The van der Waals surface area contributed by atoms with Gasteiger partial charge < -0.3 is 10.1 Å². The monoisotopic (exact) mass is 429 g/mol. The first kappa shape index (κ1) is 21.0. The van der Waals surface area contributed by atoms with Crippen LogP contribution in [0.3, 0.4) is 0 Å². The van der Waals surface area contributed by atoms with Crippen molar-refractivity contribution in [3.05, 3.63) is 59.7 Å². The Kier molecular flexibility index (Phi) is 6.22. The van der Waals surface area contributed by atoms with E-state index in [2.05, 4.69) is 5.32 Å². The van der Waals surface area contributed by atoms with Crippen molar-refractivity contribution in [2.75, 3.05) is 12.3 Å². The summed E-state index contributed by atoms with van der Waals surface area (Å²) < 4.78 is 38.1. The Bertz CT molecular complexity index is 968. The largest absolute Gasteiger partial charge is 0.459 e. The molecule has 0 radical (unpaired) electrons. The molecule has 1 atom stereocenters. The summed E-state index contributed by atoms with van der Waals surface area (Å²) in [5.74, 6) is -1.71. The zero-order chi connectivity index (χ0) is 21.1. The average molecular weight is 430 g/mol. The molecule has 2 N–H and O–H groups in total. The van der Waals surface area contributed by atoms with Gasteiger partial charge in [0.25, 0.3) is 10.1 Å². The summed E-state index contributed by atoms with van der Waals surface area (Å²) in [5, 5.41) is 3.33. The molecule has 2 aliphatic rings. The fourth-order valence-corrected chi connectivity index (χ4v) is 5.27. The molecule has 7 heteroatoms. The third-order valence-electron chi connectivity index (χ3n) is 5.99. The number of fused-ring (bicyclic) bond motifs is 3. The molecule has 2 aromatic rings. The summed E-state index contributed by atoms with van der Waals surface area (Å²) >= 11 is 0. The van der Waals surface area contributed by atoms with Crippen LogP contribution in [0, 0.1) is 0 Å². The number of benzene rings is 2. The van der Waals surface area contributed by atoms with Gasteiger partial charge >= 0.3 is 5.97 Å². The van der Waals surface area contributed by atoms with Gasteiger partial charge in [-0.2, -0.15) is 8.42 Å². The van der Waals surface area contributed by atoms with Gasteiger partial charge in [-0.25, -0.2) is 0 Å². The minimum Gasteiger partial charge on any atom is -0.459 e. The number of carbonyl (C=O) groups is 1. The van der Waals surface area contributed by atoms with E-state index >= 15 is 0 Å². The number of esters is 1. The Balaban J connectivity index is 1.53. The molecule has 2 aliphatic carbocycles. The molecule has 1 fully saturated rings. The molecule has 1 saturated carbocycles.